The van der Waals surface area contributed by atoms with Crippen molar-refractivity contribution in [3.63, 3.8) is 0 Å². The van der Waals surface area contributed by atoms with Crippen molar-refractivity contribution in [1.29, 1.82) is 0 Å². The molecular weight excluding hydrogens is 318 g/mol. The van der Waals surface area contributed by atoms with Crippen LogP contribution in [0.4, 0.5) is 11.4 Å². The van der Waals surface area contributed by atoms with Crippen molar-refractivity contribution < 1.29 is 4.92 Å². The molecule has 0 radical (unpaired) electrons. The lowest BCUT2D eigenvalue weighted by Gasteiger charge is -2.13. The summed E-state index contributed by atoms with van der Waals surface area (Å²) in [5.41, 5.74) is 2.67. The second-order valence-corrected chi connectivity index (χ2v) is 5.47. The largest absolute Gasteiger partial charge is 0.378 e. The van der Waals surface area contributed by atoms with E-state index in [1.807, 2.05) is 13.1 Å². The van der Waals surface area contributed by atoms with Gasteiger partial charge in [-0.3, -0.25) is 15.1 Å². The Balaban J connectivity index is 2.15. The standard InChI is InChI=1S/C11H10BrN3O2S/c1-7(11-5-13-6-18-11)14-8-2-3-10(15(16)17)9(12)4-8/h2-7,14H,1H3. The van der Waals surface area contributed by atoms with Crippen LogP contribution in [0.1, 0.15) is 17.8 Å². The van der Waals surface area contributed by atoms with E-state index in [2.05, 4.69) is 26.2 Å². The maximum atomic E-state index is 10.7. The van der Waals surface area contributed by atoms with Crippen molar-refractivity contribution in [1.82, 2.24) is 4.98 Å². The normalized spacial score (nSPS) is 12.1. The molecule has 0 saturated carbocycles. The number of thiazole rings is 1. The summed E-state index contributed by atoms with van der Waals surface area (Å²) in [4.78, 5) is 15.4. The quantitative estimate of drug-likeness (QED) is 0.681. The van der Waals surface area contributed by atoms with Gasteiger partial charge in [-0.1, -0.05) is 0 Å². The van der Waals surface area contributed by atoms with Gasteiger partial charge in [0.2, 0.25) is 0 Å². The molecule has 2 rings (SSSR count). The van der Waals surface area contributed by atoms with E-state index in [9.17, 15) is 10.1 Å². The Hall–Kier alpha value is -1.47. The van der Waals surface area contributed by atoms with E-state index in [-0.39, 0.29) is 11.7 Å². The van der Waals surface area contributed by atoms with Gasteiger partial charge in [-0.2, -0.15) is 0 Å². The predicted molar refractivity (Wildman–Crippen MR) is 74.9 cm³/mol. The Bertz CT molecular complexity index is 559. The Morgan fingerprint density at radius 1 is 1.56 bits per heavy atom. The van der Waals surface area contributed by atoms with Gasteiger partial charge in [0.1, 0.15) is 0 Å². The maximum Gasteiger partial charge on any atom is 0.283 e. The van der Waals surface area contributed by atoms with E-state index in [4.69, 9.17) is 0 Å². The second-order valence-electron chi connectivity index (χ2n) is 3.69. The highest BCUT2D eigenvalue weighted by atomic mass is 79.9. The van der Waals surface area contributed by atoms with Crippen LogP contribution in [0.15, 0.2) is 34.4 Å². The average molecular weight is 328 g/mol. The van der Waals surface area contributed by atoms with Crippen molar-refractivity contribution in [2.45, 2.75) is 13.0 Å². The highest BCUT2D eigenvalue weighted by Gasteiger charge is 2.13. The summed E-state index contributed by atoms with van der Waals surface area (Å²) in [5.74, 6) is 0. The second kappa shape index (κ2) is 5.45. The minimum Gasteiger partial charge on any atom is -0.378 e. The zero-order valence-electron chi connectivity index (χ0n) is 9.46. The minimum atomic E-state index is -0.416. The van der Waals surface area contributed by atoms with E-state index >= 15 is 0 Å². The lowest BCUT2D eigenvalue weighted by molar-refractivity contribution is -0.385. The zero-order chi connectivity index (χ0) is 13.1. The van der Waals surface area contributed by atoms with Crippen LogP contribution in [0, 0.1) is 10.1 Å². The molecule has 0 fully saturated rings. The average Bonchev–Trinajstić information content (AvgIpc) is 2.81. The molecule has 0 aliphatic rings. The van der Waals surface area contributed by atoms with Crippen LogP contribution >= 0.6 is 27.3 Å². The van der Waals surface area contributed by atoms with E-state index in [1.165, 1.54) is 6.07 Å². The molecule has 1 aromatic heterocycles. The Kier molecular flexibility index (Phi) is 3.93. The number of nitro groups is 1. The molecule has 7 heteroatoms. The van der Waals surface area contributed by atoms with Gasteiger partial charge in [0.25, 0.3) is 5.69 Å². The van der Waals surface area contributed by atoms with E-state index in [0.29, 0.717) is 4.47 Å². The summed E-state index contributed by atoms with van der Waals surface area (Å²) in [5, 5.41) is 14.0. The van der Waals surface area contributed by atoms with Crippen molar-refractivity contribution in [3.05, 3.63) is 49.4 Å². The first-order valence-corrected chi connectivity index (χ1v) is 6.84. The van der Waals surface area contributed by atoms with Gasteiger partial charge in [0.05, 0.1) is 20.9 Å². The molecule has 18 heavy (non-hydrogen) atoms. The number of aromatic nitrogens is 1. The summed E-state index contributed by atoms with van der Waals surface area (Å²) >= 11 is 4.76. The molecule has 0 bridgehead atoms. The van der Waals surface area contributed by atoms with Gasteiger partial charge in [-0.15, -0.1) is 11.3 Å². The van der Waals surface area contributed by atoms with Crippen molar-refractivity contribution >= 4 is 38.6 Å². The number of benzene rings is 1. The number of hydrogen-bond donors (Lipinski definition) is 1. The molecule has 1 unspecified atom stereocenters. The third-order valence-electron chi connectivity index (χ3n) is 2.41. The van der Waals surface area contributed by atoms with Crippen molar-refractivity contribution in [2.75, 3.05) is 5.32 Å². The molecule has 1 N–H and O–H groups in total. The van der Waals surface area contributed by atoms with Gasteiger partial charge in [-0.05, 0) is 35.0 Å². The fourth-order valence-electron chi connectivity index (χ4n) is 1.51. The van der Waals surface area contributed by atoms with Gasteiger partial charge in [-0.25, -0.2) is 0 Å². The first-order valence-electron chi connectivity index (χ1n) is 5.17. The van der Waals surface area contributed by atoms with Gasteiger partial charge >= 0.3 is 0 Å². The predicted octanol–water partition coefficient (Wildman–Crippen LogP) is 3.99. The molecule has 0 saturated heterocycles. The Morgan fingerprint density at radius 3 is 2.89 bits per heavy atom. The van der Waals surface area contributed by atoms with Crippen molar-refractivity contribution in [3.8, 4) is 0 Å². The van der Waals surface area contributed by atoms with Crippen LogP contribution in [-0.4, -0.2) is 9.91 Å². The van der Waals surface area contributed by atoms with Crippen LogP contribution in [0.5, 0.6) is 0 Å². The molecule has 0 amide bonds. The molecular formula is C11H10BrN3O2S. The summed E-state index contributed by atoms with van der Waals surface area (Å²) < 4.78 is 0.467. The highest BCUT2D eigenvalue weighted by molar-refractivity contribution is 9.10. The molecule has 5 nitrogen and oxygen atoms in total. The van der Waals surface area contributed by atoms with Crippen LogP contribution in [0.25, 0.3) is 0 Å². The lowest BCUT2D eigenvalue weighted by atomic mass is 10.2. The third kappa shape index (κ3) is 2.85. The molecule has 1 atom stereocenters. The van der Waals surface area contributed by atoms with Crippen molar-refractivity contribution in [2.24, 2.45) is 0 Å². The number of nitrogens with zero attached hydrogens (tertiary/aromatic N) is 2. The number of rotatable bonds is 4. The topological polar surface area (TPSA) is 68.1 Å². The smallest absolute Gasteiger partial charge is 0.283 e. The summed E-state index contributed by atoms with van der Waals surface area (Å²) in [6.45, 7) is 2.02. The molecule has 1 heterocycles. The zero-order valence-corrected chi connectivity index (χ0v) is 11.9. The summed E-state index contributed by atoms with van der Waals surface area (Å²) in [6.07, 6.45) is 1.81. The number of nitro benzene ring substituents is 1. The Morgan fingerprint density at radius 2 is 2.33 bits per heavy atom. The van der Waals surface area contributed by atoms with Crippen LogP contribution in [0.2, 0.25) is 0 Å². The molecule has 1 aromatic carbocycles. The maximum absolute atomic E-state index is 10.7. The molecule has 94 valence electrons. The first kappa shape index (κ1) is 13.0. The minimum absolute atomic E-state index is 0.0611. The fourth-order valence-corrected chi connectivity index (χ4v) is 2.66. The fraction of sp³-hybridized carbons (Fsp3) is 0.182. The van der Waals surface area contributed by atoms with Crippen LogP contribution in [-0.2, 0) is 0 Å². The summed E-state index contributed by atoms with van der Waals surface area (Å²) in [6, 6.07) is 4.99. The monoisotopic (exact) mass is 327 g/mol. The number of anilines is 1. The first-order chi connectivity index (χ1) is 8.58. The number of halogens is 1. The van der Waals surface area contributed by atoms with Gasteiger partial charge in [0.15, 0.2) is 0 Å². The van der Waals surface area contributed by atoms with Crippen LogP contribution < -0.4 is 5.32 Å². The molecule has 2 aromatic rings. The van der Waals surface area contributed by atoms with E-state index in [1.54, 1.807) is 29.0 Å². The SMILES string of the molecule is CC(Nc1ccc([N+](=O)[O-])c(Br)c1)c1cncs1. The van der Waals surface area contributed by atoms with Gasteiger partial charge < -0.3 is 5.32 Å². The Labute approximate surface area is 116 Å². The highest BCUT2D eigenvalue weighted by Crippen LogP contribution is 2.29. The lowest BCUT2D eigenvalue weighted by Crippen LogP contribution is -2.05. The van der Waals surface area contributed by atoms with Gasteiger partial charge in [0, 0.05) is 22.8 Å². The molecule has 0 aliphatic carbocycles. The molecule has 0 spiro atoms. The van der Waals surface area contributed by atoms with Crippen LogP contribution in [0.3, 0.4) is 0 Å². The third-order valence-corrected chi connectivity index (χ3v) is 4.00. The number of nitrogens with one attached hydrogen (secondary N) is 1. The summed E-state index contributed by atoms with van der Waals surface area (Å²) in [7, 11) is 0. The number of hydrogen-bond acceptors (Lipinski definition) is 5. The molecule has 0 aliphatic heterocycles. The van der Waals surface area contributed by atoms with E-state index in [0.717, 1.165) is 10.6 Å². The van der Waals surface area contributed by atoms with E-state index < -0.39 is 4.92 Å².